The van der Waals surface area contributed by atoms with E-state index in [1.807, 2.05) is 27.7 Å². The molecule has 0 saturated heterocycles. The van der Waals surface area contributed by atoms with E-state index in [0.29, 0.717) is 28.6 Å². The first kappa shape index (κ1) is 39.3. The van der Waals surface area contributed by atoms with Gasteiger partial charge in [-0.1, -0.05) is 97.4 Å². The fourth-order valence-corrected chi connectivity index (χ4v) is 6.60. The van der Waals surface area contributed by atoms with E-state index in [2.05, 4.69) is 58.3 Å². The number of halogens is 1. The van der Waals surface area contributed by atoms with Gasteiger partial charge in [0.2, 0.25) is 15.9 Å². The summed E-state index contributed by atoms with van der Waals surface area (Å²) in [6.45, 7) is 18.9. The van der Waals surface area contributed by atoms with E-state index in [9.17, 15) is 18.0 Å². The molecule has 2 heterocycles. The minimum absolute atomic E-state index is 0.0266. The average Bonchev–Trinajstić information content (AvgIpc) is 3.55. The summed E-state index contributed by atoms with van der Waals surface area (Å²) in [5.74, 6) is -0.130. The highest BCUT2D eigenvalue weighted by Crippen LogP contribution is 2.38. The number of hydrogen-bond donors (Lipinski definition) is 4. The highest BCUT2D eigenvalue weighted by molar-refractivity contribution is 7.89. The molecule has 0 bridgehead atoms. The molecule has 0 aliphatic rings. The molecule has 2 aromatic heterocycles. The number of anilines is 1. The van der Waals surface area contributed by atoms with Gasteiger partial charge in [-0.15, -0.1) is 10.2 Å². The maximum atomic E-state index is 13.8. The van der Waals surface area contributed by atoms with Crippen LogP contribution >= 0.6 is 11.6 Å². The summed E-state index contributed by atoms with van der Waals surface area (Å²) in [5, 5.41) is 18.5. The maximum Gasteiger partial charge on any atom is 0.264 e. The Morgan fingerprint density at radius 3 is 2.21 bits per heavy atom. The van der Waals surface area contributed by atoms with Crippen molar-refractivity contribution in [2.45, 2.75) is 130 Å². The smallest absolute Gasteiger partial charge is 0.264 e. The van der Waals surface area contributed by atoms with Crippen LogP contribution < -0.4 is 20.1 Å². The number of rotatable bonds is 17. The summed E-state index contributed by atoms with van der Waals surface area (Å²) >= 11 is 6.66. The second-order valence-corrected chi connectivity index (χ2v) is 17.3. The minimum atomic E-state index is -3.59. The molecular weight excluding hydrogens is 654 g/mol. The number of aromatic amines is 1. The predicted molar refractivity (Wildman–Crippen MR) is 191 cm³/mol. The Bertz CT molecular complexity index is 1690. The lowest BCUT2D eigenvalue weighted by atomic mass is 9.73. The number of nitrogens with one attached hydrogen (secondary N) is 4. The Labute approximate surface area is 290 Å². The normalized spacial score (nSPS) is 13.1. The van der Waals surface area contributed by atoms with Crippen molar-refractivity contribution < 1.29 is 22.7 Å². The summed E-state index contributed by atoms with van der Waals surface area (Å²) in [6, 6.07) is 6.69. The number of hydrogen-bond acceptors (Lipinski definition) is 7. The molecule has 3 aromatic rings. The number of fused-ring (bicyclic) bond motifs is 1. The van der Waals surface area contributed by atoms with Crippen LogP contribution in [0.15, 0.2) is 24.3 Å². The van der Waals surface area contributed by atoms with Gasteiger partial charge in [0.25, 0.3) is 5.91 Å². The van der Waals surface area contributed by atoms with Crippen LogP contribution in [-0.2, 0) is 30.4 Å². The van der Waals surface area contributed by atoms with Gasteiger partial charge < -0.3 is 15.4 Å². The largest absolute Gasteiger partial charge is 0.476 e. The monoisotopic (exact) mass is 707 g/mol. The second-order valence-electron chi connectivity index (χ2n) is 15.0. The Morgan fingerprint density at radius 1 is 0.938 bits per heavy atom. The number of ether oxygens (including phenoxy) is 1. The van der Waals surface area contributed by atoms with Gasteiger partial charge in [-0.2, -0.15) is 0 Å². The molecule has 0 radical (unpaired) electrons. The SMILES string of the molecule is CCCCCCCCS(=O)(=O)NCC(=O)Nc1ccccc1OC(C)(C)C(=O)NC(C)(C)C(C)(C)c1nnc2c(Cl)c(C(C)(C)C)[nH]n12. The van der Waals surface area contributed by atoms with Gasteiger partial charge in [0.1, 0.15) is 10.8 Å². The lowest BCUT2D eigenvalue weighted by Crippen LogP contribution is -2.61. The number of H-pyrrole nitrogens is 1. The van der Waals surface area contributed by atoms with Crippen LogP contribution in [0.5, 0.6) is 5.75 Å². The van der Waals surface area contributed by atoms with E-state index in [4.69, 9.17) is 16.3 Å². The number of carbonyl (C=O) groups is 2. The minimum Gasteiger partial charge on any atom is -0.476 e. The molecule has 2 amide bonds. The van der Waals surface area contributed by atoms with E-state index in [1.165, 1.54) is 0 Å². The van der Waals surface area contributed by atoms with E-state index in [-0.39, 0.29) is 16.9 Å². The Hall–Kier alpha value is -3.16. The van der Waals surface area contributed by atoms with Crippen molar-refractivity contribution in [3.63, 3.8) is 0 Å². The molecule has 0 atom stereocenters. The van der Waals surface area contributed by atoms with Crippen molar-refractivity contribution >= 4 is 44.8 Å². The van der Waals surface area contributed by atoms with Gasteiger partial charge in [0.05, 0.1) is 23.7 Å². The van der Waals surface area contributed by atoms with Gasteiger partial charge in [-0.05, 0) is 46.2 Å². The van der Waals surface area contributed by atoms with Crippen LogP contribution in [0, 0.1) is 0 Å². The second kappa shape index (κ2) is 15.2. The van der Waals surface area contributed by atoms with Crippen LogP contribution in [0.3, 0.4) is 0 Å². The highest BCUT2D eigenvalue weighted by Gasteiger charge is 2.46. The van der Waals surface area contributed by atoms with Crippen LogP contribution in [0.25, 0.3) is 5.65 Å². The van der Waals surface area contributed by atoms with E-state index >= 15 is 0 Å². The van der Waals surface area contributed by atoms with Gasteiger partial charge in [0.15, 0.2) is 17.1 Å². The Morgan fingerprint density at radius 2 is 1.56 bits per heavy atom. The van der Waals surface area contributed by atoms with Crippen molar-refractivity contribution in [2.24, 2.45) is 0 Å². The zero-order valence-corrected chi connectivity index (χ0v) is 31.7. The third-order valence-corrected chi connectivity index (χ3v) is 10.7. The summed E-state index contributed by atoms with van der Waals surface area (Å²) in [5.41, 5.74) is -1.56. The zero-order valence-electron chi connectivity index (χ0n) is 30.1. The Balaban J connectivity index is 1.67. The maximum absolute atomic E-state index is 13.8. The first-order chi connectivity index (χ1) is 22.1. The molecule has 14 heteroatoms. The molecule has 0 spiro atoms. The standard InChI is InChI=1S/C34H54ClN7O5S/c1-11-12-13-14-15-18-21-48(45,46)36-22-25(43)37-23-19-16-17-20-24(23)47-33(7,8)30(44)38-34(9,10)32(5,6)29-40-39-28-26(35)27(31(2,3)4)41-42(28)29/h16-17,19-20,36,41H,11-15,18,21-22H2,1-10H3,(H,37,43)(H,38,44). The van der Waals surface area contributed by atoms with E-state index < -0.39 is 44.9 Å². The fourth-order valence-electron chi connectivity index (χ4n) is 5.07. The number of carbonyl (C=O) groups excluding carboxylic acids is 2. The van der Waals surface area contributed by atoms with Crippen LogP contribution in [0.4, 0.5) is 5.69 Å². The van der Waals surface area contributed by atoms with Gasteiger partial charge in [-0.3, -0.25) is 14.7 Å². The first-order valence-electron chi connectivity index (χ1n) is 16.6. The molecule has 0 aliphatic carbocycles. The van der Waals surface area contributed by atoms with Crippen LogP contribution in [0.1, 0.15) is 119 Å². The third-order valence-electron chi connectivity index (χ3n) is 8.89. The van der Waals surface area contributed by atoms with Crippen LogP contribution in [-0.4, -0.2) is 63.5 Å². The molecule has 12 nitrogen and oxygen atoms in total. The highest BCUT2D eigenvalue weighted by atomic mass is 35.5. The average molecular weight is 708 g/mol. The van der Waals surface area contributed by atoms with Crippen molar-refractivity contribution in [1.29, 1.82) is 0 Å². The first-order valence-corrected chi connectivity index (χ1v) is 18.7. The molecule has 0 saturated carbocycles. The molecule has 268 valence electrons. The van der Waals surface area contributed by atoms with E-state index in [1.54, 1.807) is 42.6 Å². The van der Waals surface area contributed by atoms with Gasteiger partial charge in [0, 0.05) is 16.4 Å². The summed E-state index contributed by atoms with van der Waals surface area (Å²) in [6.07, 6.45) is 5.74. The number of para-hydroxylation sites is 2. The quantitative estimate of drug-likeness (QED) is 0.121. The lowest BCUT2D eigenvalue weighted by Gasteiger charge is -2.42. The molecule has 48 heavy (non-hydrogen) atoms. The number of sulfonamides is 1. The number of unbranched alkanes of at least 4 members (excludes halogenated alkanes) is 5. The number of nitrogens with zero attached hydrogens (tertiary/aromatic N) is 3. The number of amides is 2. The molecule has 3 rings (SSSR count). The third kappa shape index (κ3) is 9.50. The molecule has 4 N–H and O–H groups in total. The van der Waals surface area contributed by atoms with Gasteiger partial charge >= 0.3 is 0 Å². The molecule has 1 aromatic carbocycles. The summed E-state index contributed by atoms with van der Waals surface area (Å²) < 4.78 is 35.2. The number of aromatic nitrogens is 4. The summed E-state index contributed by atoms with van der Waals surface area (Å²) in [7, 11) is -3.59. The molecular formula is C34H54ClN7O5S. The molecule has 0 aliphatic heterocycles. The summed E-state index contributed by atoms with van der Waals surface area (Å²) in [4.78, 5) is 26.5. The van der Waals surface area contributed by atoms with E-state index in [0.717, 1.165) is 37.8 Å². The fraction of sp³-hybridized carbons (Fsp3) is 0.647. The Kier molecular flexibility index (Phi) is 12.4. The topological polar surface area (TPSA) is 160 Å². The van der Waals surface area contributed by atoms with Crippen molar-refractivity contribution in [3.8, 4) is 5.75 Å². The number of benzene rings is 1. The zero-order chi connectivity index (χ0) is 36.1. The van der Waals surface area contributed by atoms with Crippen molar-refractivity contribution in [3.05, 3.63) is 40.8 Å². The molecule has 0 fully saturated rings. The van der Waals surface area contributed by atoms with Crippen LogP contribution in [0.2, 0.25) is 5.02 Å². The lowest BCUT2D eigenvalue weighted by molar-refractivity contribution is -0.136. The van der Waals surface area contributed by atoms with Gasteiger partial charge in [-0.25, -0.2) is 17.7 Å². The molecule has 0 unspecified atom stereocenters. The van der Waals surface area contributed by atoms with Crippen molar-refractivity contribution in [2.75, 3.05) is 17.6 Å². The predicted octanol–water partition coefficient (Wildman–Crippen LogP) is 6.26. The van der Waals surface area contributed by atoms with Crippen molar-refractivity contribution in [1.82, 2.24) is 29.9 Å².